The zero-order chi connectivity index (χ0) is 13.0. The summed E-state index contributed by atoms with van der Waals surface area (Å²) in [4.78, 5) is 6.22. The summed E-state index contributed by atoms with van der Waals surface area (Å²) < 4.78 is 18.8. The Bertz CT molecular complexity index is 386. The fraction of sp³-hybridized carbons (Fsp3) is 0.615. The number of hydrogen-bond acceptors (Lipinski definition) is 4. The monoisotopic (exact) mass is 253 g/mol. The van der Waals surface area contributed by atoms with Crippen molar-refractivity contribution in [1.29, 1.82) is 0 Å². The molecule has 1 aromatic heterocycles. The molecule has 0 radical (unpaired) electrons. The highest BCUT2D eigenvalue weighted by atomic mass is 19.1. The lowest BCUT2D eigenvalue weighted by atomic mass is 10.1. The summed E-state index contributed by atoms with van der Waals surface area (Å²) in [5.41, 5.74) is 0.917. The van der Waals surface area contributed by atoms with Crippen molar-refractivity contribution in [3.05, 3.63) is 29.8 Å². The molecule has 0 aromatic carbocycles. The Morgan fingerprint density at radius 1 is 1.61 bits per heavy atom. The maximum atomic E-state index is 13.2. The Morgan fingerprint density at radius 2 is 2.44 bits per heavy atom. The minimum absolute atomic E-state index is 0.163. The van der Waals surface area contributed by atoms with Crippen LogP contribution in [0.2, 0.25) is 0 Å². The molecule has 2 atom stereocenters. The third kappa shape index (κ3) is 3.25. The molecule has 0 amide bonds. The molecule has 0 spiro atoms. The Kier molecular flexibility index (Phi) is 4.63. The molecule has 100 valence electrons. The summed E-state index contributed by atoms with van der Waals surface area (Å²) in [7, 11) is 1.92. The Hall–Kier alpha value is -1.04. The molecule has 2 unspecified atom stereocenters. The van der Waals surface area contributed by atoms with Gasteiger partial charge in [-0.1, -0.05) is 0 Å². The molecule has 0 aliphatic carbocycles. The molecular weight excluding hydrogens is 233 g/mol. The fourth-order valence-corrected chi connectivity index (χ4v) is 2.31. The van der Waals surface area contributed by atoms with Gasteiger partial charge in [0.05, 0.1) is 18.9 Å². The number of halogens is 1. The van der Waals surface area contributed by atoms with Gasteiger partial charge in [0.1, 0.15) is 5.82 Å². The molecule has 1 aromatic rings. The average molecular weight is 253 g/mol. The summed E-state index contributed by atoms with van der Waals surface area (Å²) in [6, 6.07) is 1.72. The third-order valence-electron chi connectivity index (χ3n) is 3.36. The lowest BCUT2D eigenvalue weighted by Gasteiger charge is -2.36. The number of nitrogens with zero attached hydrogens (tertiary/aromatic N) is 2. The van der Waals surface area contributed by atoms with Crippen molar-refractivity contribution in [2.24, 2.45) is 0 Å². The van der Waals surface area contributed by atoms with Crippen LogP contribution in [0.3, 0.4) is 0 Å². The van der Waals surface area contributed by atoms with Crippen LogP contribution in [0.25, 0.3) is 0 Å². The Morgan fingerprint density at radius 3 is 3.17 bits per heavy atom. The number of rotatable bonds is 4. The van der Waals surface area contributed by atoms with E-state index in [0.29, 0.717) is 0 Å². The molecule has 0 bridgehead atoms. The first-order valence-electron chi connectivity index (χ1n) is 6.31. The van der Waals surface area contributed by atoms with Crippen LogP contribution in [0, 0.1) is 5.82 Å². The zero-order valence-corrected chi connectivity index (χ0v) is 10.9. The van der Waals surface area contributed by atoms with Gasteiger partial charge in [0.2, 0.25) is 0 Å². The normalized spacial score (nSPS) is 22.9. The molecule has 1 aliphatic heterocycles. The van der Waals surface area contributed by atoms with Crippen LogP contribution < -0.4 is 5.32 Å². The second-order valence-electron chi connectivity index (χ2n) is 4.66. The second-order valence-corrected chi connectivity index (χ2v) is 4.66. The Labute approximate surface area is 107 Å². The summed E-state index contributed by atoms with van der Waals surface area (Å²) in [5, 5.41) is 3.12. The first-order valence-corrected chi connectivity index (χ1v) is 6.31. The molecule has 1 aliphatic rings. The number of hydrogen-bond donors (Lipinski definition) is 1. The lowest BCUT2D eigenvalue weighted by Crippen LogP contribution is -2.46. The van der Waals surface area contributed by atoms with Gasteiger partial charge in [0, 0.05) is 31.9 Å². The van der Waals surface area contributed by atoms with E-state index in [1.165, 1.54) is 6.20 Å². The van der Waals surface area contributed by atoms with Gasteiger partial charge in [0.25, 0.3) is 0 Å². The van der Waals surface area contributed by atoms with Crippen LogP contribution in [0.5, 0.6) is 0 Å². The van der Waals surface area contributed by atoms with Gasteiger partial charge in [-0.05, 0) is 25.6 Å². The van der Waals surface area contributed by atoms with Crippen LogP contribution >= 0.6 is 0 Å². The van der Waals surface area contributed by atoms with E-state index < -0.39 is 0 Å². The zero-order valence-electron chi connectivity index (χ0n) is 10.9. The smallest absolute Gasteiger partial charge is 0.141 e. The number of nitrogens with one attached hydrogen (secondary N) is 1. The quantitative estimate of drug-likeness (QED) is 0.875. The molecule has 0 saturated carbocycles. The van der Waals surface area contributed by atoms with Crippen molar-refractivity contribution in [1.82, 2.24) is 15.2 Å². The summed E-state index contributed by atoms with van der Waals surface area (Å²) in [5.74, 6) is -0.278. The first-order chi connectivity index (χ1) is 8.70. The SMILES string of the molecule is CNCC1CN(C(C)c2cncc(F)c2)CCO1. The van der Waals surface area contributed by atoms with E-state index in [0.717, 1.165) is 31.8 Å². The van der Waals surface area contributed by atoms with E-state index in [9.17, 15) is 4.39 Å². The van der Waals surface area contributed by atoms with Gasteiger partial charge in [0.15, 0.2) is 0 Å². The van der Waals surface area contributed by atoms with E-state index >= 15 is 0 Å². The third-order valence-corrected chi connectivity index (χ3v) is 3.36. The number of morpholine rings is 1. The van der Waals surface area contributed by atoms with E-state index in [1.54, 1.807) is 12.3 Å². The fourth-order valence-electron chi connectivity index (χ4n) is 2.31. The van der Waals surface area contributed by atoms with Crippen LogP contribution in [0.15, 0.2) is 18.5 Å². The van der Waals surface area contributed by atoms with Gasteiger partial charge >= 0.3 is 0 Å². The minimum Gasteiger partial charge on any atom is -0.374 e. The first kappa shape index (κ1) is 13.4. The van der Waals surface area contributed by atoms with Crippen molar-refractivity contribution in [2.75, 3.05) is 33.3 Å². The van der Waals surface area contributed by atoms with Gasteiger partial charge < -0.3 is 10.1 Å². The summed E-state index contributed by atoms with van der Waals surface area (Å²) in [6.07, 6.45) is 3.17. The molecular formula is C13H20FN3O. The predicted octanol–water partition coefficient (Wildman–Crippen LogP) is 1.20. The van der Waals surface area contributed by atoms with Crippen molar-refractivity contribution < 1.29 is 9.13 Å². The molecule has 4 nitrogen and oxygen atoms in total. The van der Waals surface area contributed by atoms with Gasteiger partial charge in [-0.15, -0.1) is 0 Å². The number of likely N-dealkylation sites (N-methyl/N-ethyl adjacent to an activating group) is 1. The van der Waals surface area contributed by atoms with E-state index in [1.807, 2.05) is 7.05 Å². The second kappa shape index (κ2) is 6.22. The molecule has 18 heavy (non-hydrogen) atoms. The van der Waals surface area contributed by atoms with Crippen LogP contribution in [-0.4, -0.2) is 49.3 Å². The Balaban J connectivity index is 2.02. The van der Waals surface area contributed by atoms with Gasteiger partial charge in [-0.3, -0.25) is 9.88 Å². The predicted molar refractivity (Wildman–Crippen MR) is 67.8 cm³/mol. The molecule has 1 saturated heterocycles. The van der Waals surface area contributed by atoms with Crippen molar-refractivity contribution in [3.8, 4) is 0 Å². The largest absolute Gasteiger partial charge is 0.374 e. The summed E-state index contributed by atoms with van der Waals surface area (Å²) >= 11 is 0. The maximum Gasteiger partial charge on any atom is 0.141 e. The highest BCUT2D eigenvalue weighted by Gasteiger charge is 2.24. The topological polar surface area (TPSA) is 37.4 Å². The van der Waals surface area contributed by atoms with Crippen molar-refractivity contribution in [2.45, 2.75) is 19.1 Å². The van der Waals surface area contributed by atoms with Crippen molar-refractivity contribution in [3.63, 3.8) is 0 Å². The average Bonchev–Trinajstić information content (AvgIpc) is 2.39. The highest BCUT2D eigenvalue weighted by Crippen LogP contribution is 2.22. The molecule has 5 heteroatoms. The van der Waals surface area contributed by atoms with Crippen LogP contribution in [-0.2, 0) is 4.74 Å². The van der Waals surface area contributed by atoms with E-state index in [2.05, 4.69) is 22.1 Å². The number of aromatic nitrogens is 1. The van der Waals surface area contributed by atoms with E-state index in [-0.39, 0.29) is 18.0 Å². The highest BCUT2D eigenvalue weighted by molar-refractivity contribution is 5.14. The number of ether oxygens (including phenoxy) is 1. The lowest BCUT2D eigenvalue weighted by molar-refractivity contribution is -0.0393. The molecule has 2 heterocycles. The van der Waals surface area contributed by atoms with Gasteiger partial charge in [-0.2, -0.15) is 0 Å². The minimum atomic E-state index is -0.278. The van der Waals surface area contributed by atoms with Crippen molar-refractivity contribution >= 4 is 0 Å². The van der Waals surface area contributed by atoms with Crippen LogP contribution in [0.1, 0.15) is 18.5 Å². The van der Waals surface area contributed by atoms with E-state index in [4.69, 9.17) is 4.74 Å². The molecule has 2 rings (SSSR count). The summed E-state index contributed by atoms with van der Waals surface area (Å²) in [6.45, 7) is 5.37. The van der Waals surface area contributed by atoms with Crippen LogP contribution in [0.4, 0.5) is 4.39 Å². The number of pyridine rings is 1. The maximum absolute atomic E-state index is 13.2. The van der Waals surface area contributed by atoms with Gasteiger partial charge in [-0.25, -0.2) is 4.39 Å². The molecule has 1 N–H and O–H groups in total. The molecule has 1 fully saturated rings. The standard InChI is InChI=1S/C13H20FN3O/c1-10(11-5-12(14)7-16-6-11)17-3-4-18-13(9-17)8-15-2/h5-7,10,13,15H,3-4,8-9H2,1-2H3.